The van der Waals surface area contributed by atoms with Crippen LogP contribution < -0.4 is 10.9 Å². The van der Waals surface area contributed by atoms with E-state index in [0.29, 0.717) is 12.6 Å². The molecule has 1 aromatic heterocycles. The van der Waals surface area contributed by atoms with Crippen LogP contribution >= 0.6 is 0 Å². The maximum Gasteiger partial charge on any atom is 0.255 e. The van der Waals surface area contributed by atoms with Crippen molar-refractivity contribution in [2.24, 2.45) is 7.05 Å². The van der Waals surface area contributed by atoms with Crippen molar-refractivity contribution in [2.45, 2.75) is 39.3 Å². The van der Waals surface area contributed by atoms with Crippen molar-refractivity contribution in [1.29, 1.82) is 0 Å². The summed E-state index contributed by atoms with van der Waals surface area (Å²) >= 11 is 0. The first-order chi connectivity index (χ1) is 7.09. The molecule has 1 aliphatic rings. The van der Waals surface area contributed by atoms with Crippen LogP contribution in [0.15, 0.2) is 10.9 Å². The van der Waals surface area contributed by atoms with Crippen LogP contribution in [-0.4, -0.2) is 10.6 Å². The Balaban J connectivity index is 2.28. The number of hydrogen-bond donors (Lipinski definition) is 1. The Hall–Kier alpha value is -1.09. The quantitative estimate of drug-likeness (QED) is 0.807. The van der Waals surface area contributed by atoms with Crippen LogP contribution in [0.2, 0.25) is 0 Å². The highest BCUT2D eigenvalue weighted by Gasteiger charge is 2.21. The van der Waals surface area contributed by atoms with Crippen LogP contribution in [0.25, 0.3) is 0 Å². The van der Waals surface area contributed by atoms with E-state index in [1.165, 1.54) is 12.8 Å². The minimum absolute atomic E-state index is 0.139. The Kier molecular flexibility index (Phi) is 2.65. The molecule has 3 heteroatoms. The smallest absolute Gasteiger partial charge is 0.255 e. The summed E-state index contributed by atoms with van der Waals surface area (Å²) in [6.07, 6.45) is 2.51. The van der Waals surface area contributed by atoms with Crippen molar-refractivity contribution in [3.8, 4) is 0 Å². The molecule has 0 aromatic carbocycles. The van der Waals surface area contributed by atoms with Gasteiger partial charge in [-0.05, 0) is 38.3 Å². The first kappa shape index (κ1) is 10.4. The van der Waals surface area contributed by atoms with Crippen molar-refractivity contribution in [2.75, 3.05) is 0 Å². The zero-order valence-electron chi connectivity index (χ0n) is 9.63. The minimum atomic E-state index is 0.139. The molecule has 15 heavy (non-hydrogen) atoms. The van der Waals surface area contributed by atoms with Gasteiger partial charge in [0.15, 0.2) is 0 Å². The summed E-state index contributed by atoms with van der Waals surface area (Å²) in [4.78, 5) is 12.0. The fourth-order valence-corrected chi connectivity index (χ4v) is 1.78. The van der Waals surface area contributed by atoms with Gasteiger partial charge in [-0.25, -0.2) is 0 Å². The van der Waals surface area contributed by atoms with Gasteiger partial charge in [0.2, 0.25) is 0 Å². The molecule has 2 rings (SSSR count). The van der Waals surface area contributed by atoms with Crippen molar-refractivity contribution in [3.63, 3.8) is 0 Å². The van der Waals surface area contributed by atoms with Crippen LogP contribution in [0.1, 0.15) is 29.7 Å². The normalized spacial score (nSPS) is 15.7. The van der Waals surface area contributed by atoms with E-state index in [1.807, 2.05) is 20.9 Å². The Morgan fingerprint density at radius 2 is 2.13 bits per heavy atom. The van der Waals surface area contributed by atoms with Gasteiger partial charge >= 0.3 is 0 Å². The molecule has 0 bridgehead atoms. The van der Waals surface area contributed by atoms with E-state index >= 15 is 0 Å². The number of rotatable bonds is 3. The molecule has 3 nitrogen and oxygen atoms in total. The topological polar surface area (TPSA) is 34.0 Å². The fraction of sp³-hybridized carbons (Fsp3) is 0.583. The largest absolute Gasteiger partial charge is 0.316 e. The summed E-state index contributed by atoms with van der Waals surface area (Å²) in [5.74, 6) is 0. The molecule has 0 amide bonds. The van der Waals surface area contributed by atoms with Crippen molar-refractivity contribution >= 4 is 0 Å². The summed E-state index contributed by atoms with van der Waals surface area (Å²) in [6.45, 7) is 4.69. The molecular formula is C12H18N2O. The number of aryl methyl sites for hydroxylation is 2. The predicted molar refractivity (Wildman–Crippen MR) is 61.0 cm³/mol. The van der Waals surface area contributed by atoms with Gasteiger partial charge < -0.3 is 9.88 Å². The third-order valence-corrected chi connectivity index (χ3v) is 3.14. The first-order valence-corrected chi connectivity index (χ1v) is 5.49. The van der Waals surface area contributed by atoms with E-state index in [1.54, 1.807) is 4.57 Å². The second kappa shape index (κ2) is 3.81. The van der Waals surface area contributed by atoms with E-state index in [9.17, 15) is 4.79 Å². The lowest BCUT2D eigenvalue weighted by Crippen LogP contribution is -2.28. The highest BCUT2D eigenvalue weighted by Crippen LogP contribution is 2.19. The van der Waals surface area contributed by atoms with Gasteiger partial charge in [0, 0.05) is 30.9 Å². The van der Waals surface area contributed by atoms with E-state index in [0.717, 1.165) is 16.8 Å². The third-order valence-electron chi connectivity index (χ3n) is 3.14. The summed E-state index contributed by atoms with van der Waals surface area (Å²) in [5.41, 5.74) is 3.17. The van der Waals surface area contributed by atoms with Crippen molar-refractivity contribution in [3.05, 3.63) is 33.2 Å². The average molecular weight is 206 g/mol. The molecular weight excluding hydrogens is 188 g/mol. The lowest BCUT2D eigenvalue weighted by Gasteiger charge is -2.11. The molecule has 0 radical (unpaired) electrons. The standard InChI is InChI=1S/C12H18N2O/c1-8-6-9(2)14(3)12(15)11(8)7-13-10-4-5-10/h6,10,13H,4-5,7H2,1-3H3. The summed E-state index contributed by atoms with van der Waals surface area (Å²) in [5, 5.41) is 3.39. The minimum Gasteiger partial charge on any atom is -0.316 e. The Labute approximate surface area is 90.1 Å². The number of hydrogen-bond acceptors (Lipinski definition) is 2. The zero-order valence-corrected chi connectivity index (χ0v) is 9.63. The molecule has 1 aromatic rings. The Morgan fingerprint density at radius 3 is 2.73 bits per heavy atom. The maximum atomic E-state index is 12.0. The summed E-state index contributed by atoms with van der Waals surface area (Å²) in [6, 6.07) is 2.72. The van der Waals surface area contributed by atoms with Crippen LogP contribution in [0, 0.1) is 13.8 Å². The summed E-state index contributed by atoms with van der Waals surface area (Å²) in [7, 11) is 1.83. The van der Waals surface area contributed by atoms with Crippen LogP contribution in [0.4, 0.5) is 0 Å². The van der Waals surface area contributed by atoms with Crippen LogP contribution in [0.5, 0.6) is 0 Å². The molecule has 0 aliphatic heterocycles. The monoisotopic (exact) mass is 206 g/mol. The molecule has 1 saturated carbocycles. The molecule has 0 saturated heterocycles. The first-order valence-electron chi connectivity index (χ1n) is 5.49. The second-order valence-electron chi connectivity index (χ2n) is 4.47. The molecule has 1 aliphatic carbocycles. The third kappa shape index (κ3) is 2.12. The van der Waals surface area contributed by atoms with Gasteiger partial charge in [-0.3, -0.25) is 4.79 Å². The molecule has 1 fully saturated rings. The predicted octanol–water partition coefficient (Wildman–Crippen LogP) is 1.25. The zero-order chi connectivity index (χ0) is 11.0. The molecule has 0 atom stereocenters. The highest BCUT2D eigenvalue weighted by molar-refractivity contribution is 5.26. The van der Waals surface area contributed by atoms with Crippen molar-refractivity contribution < 1.29 is 0 Å². The average Bonchev–Trinajstić information content (AvgIpc) is 2.98. The van der Waals surface area contributed by atoms with Gasteiger partial charge in [-0.1, -0.05) is 0 Å². The molecule has 1 heterocycles. The fourth-order valence-electron chi connectivity index (χ4n) is 1.78. The molecule has 82 valence electrons. The van der Waals surface area contributed by atoms with Gasteiger partial charge in [0.25, 0.3) is 5.56 Å². The number of nitrogens with zero attached hydrogens (tertiary/aromatic N) is 1. The summed E-state index contributed by atoms with van der Waals surface area (Å²) < 4.78 is 1.72. The number of pyridine rings is 1. The van der Waals surface area contributed by atoms with Crippen molar-refractivity contribution in [1.82, 2.24) is 9.88 Å². The van der Waals surface area contributed by atoms with Gasteiger partial charge in [0.05, 0.1) is 0 Å². The Morgan fingerprint density at radius 1 is 1.47 bits per heavy atom. The van der Waals surface area contributed by atoms with Gasteiger partial charge in [-0.2, -0.15) is 0 Å². The maximum absolute atomic E-state index is 12.0. The van der Waals surface area contributed by atoms with Crippen LogP contribution in [0.3, 0.4) is 0 Å². The molecule has 1 N–H and O–H groups in total. The van der Waals surface area contributed by atoms with E-state index < -0.39 is 0 Å². The van der Waals surface area contributed by atoms with Gasteiger partial charge in [0.1, 0.15) is 0 Å². The SMILES string of the molecule is Cc1cc(C)n(C)c(=O)c1CNC1CC1. The lowest BCUT2D eigenvalue weighted by molar-refractivity contribution is 0.666. The number of nitrogens with one attached hydrogen (secondary N) is 1. The highest BCUT2D eigenvalue weighted by atomic mass is 16.1. The van der Waals surface area contributed by atoms with Gasteiger partial charge in [-0.15, -0.1) is 0 Å². The molecule has 0 spiro atoms. The lowest BCUT2D eigenvalue weighted by atomic mass is 10.1. The van der Waals surface area contributed by atoms with E-state index in [2.05, 4.69) is 11.4 Å². The van der Waals surface area contributed by atoms with E-state index in [4.69, 9.17) is 0 Å². The van der Waals surface area contributed by atoms with E-state index in [-0.39, 0.29) is 5.56 Å². The number of aromatic nitrogens is 1. The van der Waals surface area contributed by atoms with Crippen LogP contribution in [-0.2, 0) is 13.6 Å². The second-order valence-corrected chi connectivity index (χ2v) is 4.47. The Bertz CT molecular complexity index is 430. The molecule has 0 unspecified atom stereocenters.